The van der Waals surface area contributed by atoms with Gasteiger partial charge in [0.1, 0.15) is 5.82 Å². The van der Waals surface area contributed by atoms with Gasteiger partial charge in [-0.1, -0.05) is 24.3 Å². The smallest absolute Gasteiger partial charge is 0.125 e. The zero-order valence-corrected chi connectivity index (χ0v) is 9.35. The number of aromatic nitrogens is 2. The fourth-order valence-electron chi connectivity index (χ4n) is 1.63. The van der Waals surface area contributed by atoms with Crippen LogP contribution in [0.3, 0.4) is 0 Å². The van der Waals surface area contributed by atoms with Crippen molar-refractivity contribution in [2.75, 3.05) is 6.54 Å². The van der Waals surface area contributed by atoms with E-state index >= 15 is 0 Å². The Labute approximate surface area is 95.4 Å². The molecule has 0 bridgehead atoms. The van der Waals surface area contributed by atoms with E-state index in [9.17, 15) is 0 Å². The lowest BCUT2D eigenvalue weighted by Crippen LogP contribution is -2.02. The molecule has 0 aliphatic heterocycles. The van der Waals surface area contributed by atoms with Crippen LogP contribution in [0.1, 0.15) is 11.4 Å². The Morgan fingerprint density at radius 3 is 2.50 bits per heavy atom. The first-order valence-electron chi connectivity index (χ1n) is 5.38. The second-order valence-corrected chi connectivity index (χ2v) is 3.72. The van der Waals surface area contributed by atoms with Crippen LogP contribution in [0.4, 0.5) is 0 Å². The number of hydrogen-bond acceptors (Lipinski definition) is 3. The number of aryl methyl sites for hydroxylation is 1. The van der Waals surface area contributed by atoms with Crippen LogP contribution in [0, 0.1) is 6.92 Å². The largest absolute Gasteiger partial charge is 0.330 e. The van der Waals surface area contributed by atoms with Gasteiger partial charge in [0, 0.05) is 11.8 Å². The molecule has 1 aromatic carbocycles. The summed E-state index contributed by atoms with van der Waals surface area (Å²) in [6.45, 7) is 2.58. The van der Waals surface area contributed by atoms with Gasteiger partial charge in [-0.2, -0.15) is 0 Å². The van der Waals surface area contributed by atoms with Crippen molar-refractivity contribution in [1.29, 1.82) is 0 Å². The lowest BCUT2D eigenvalue weighted by molar-refractivity contribution is 0.969. The molecule has 0 spiro atoms. The maximum atomic E-state index is 5.51. The summed E-state index contributed by atoms with van der Waals surface area (Å²) in [6, 6.07) is 10.3. The lowest BCUT2D eigenvalue weighted by Gasteiger charge is -2.03. The summed E-state index contributed by atoms with van der Waals surface area (Å²) in [6.07, 6.45) is 2.70. The predicted molar refractivity (Wildman–Crippen MR) is 65.0 cm³/mol. The van der Waals surface area contributed by atoms with Crippen LogP contribution in [-0.4, -0.2) is 16.5 Å². The molecule has 0 saturated heterocycles. The molecule has 0 amide bonds. The molecule has 82 valence electrons. The summed E-state index contributed by atoms with van der Waals surface area (Å²) >= 11 is 0. The third-order valence-corrected chi connectivity index (χ3v) is 2.46. The summed E-state index contributed by atoms with van der Waals surface area (Å²) in [7, 11) is 0. The molecule has 0 aliphatic carbocycles. The van der Waals surface area contributed by atoms with Crippen LogP contribution in [0.5, 0.6) is 0 Å². The second-order valence-electron chi connectivity index (χ2n) is 3.72. The summed E-state index contributed by atoms with van der Waals surface area (Å²) in [5, 5.41) is 0. The van der Waals surface area contributed by atoms with Crippen molar-refractivity contribution in [3.8, 4) is 11.3 Å². The Morgan fingerprint density at radius 1 is 1.12 bits per heavy atom. The number of nitrogens with zero attached hydrogens (tertiary/aromatic N) is 2. The molecule has 1 heterocycles. The molecule has 3 heteroatoms. The van der Waals surface area contributed by atoms with Gasteiger partial charge in [0.2, 0.25) is 0 Å². The van der Waals surface area contributed by atoms with Crippen LogP contribution >= 0.6 is 0 Å². The molecule has 2 N–H and O–H groups in total. The zero-order valence-electron chi connectivity index (χ0n) is 9.35. The molecule has 0 aliphatic rings. The maximum absolute atomic E-state index is 5.51. The number of rotatable bonds is 3. The summed E-state index contributed by atoms with van der Waals surface area (Å²) < 4.78 is 0. The van der Waals surface area contributed by atoms with Crippen molar-refractivity contribution >= 4 is 0 Å². The van der Waals surface area contributed by atoms with Crippen molar-refractivity contribution in [2.24, 2.45) is 5.73 Å². The van der Waals surface area contributed by atoms with E-state index in [4.69, 9.17) is 5.73 Å². The van der Waals surface area contributed by atoms with Gasteiger partial charge in [-0.3, -0.25) is 0 Å². The van der Waals surface area contributed by atoms with Crippen LogP contribution in [0.2, 0.25) is 0 Å². The van der Waals surface area contributed by atoms with Crippen LogP contribution in [0.25, 0.3) is 11.3 Å². The maximum Gasteiger partial charge on any atom is 0.125 e. The Morgan fingerprint density at radius 2 is 1.88 bits per heavy atom. The molecule has 0 fully saturated rings. The standard InChI is InChI=1S/C13H15N3/c1-10-15-9-7-13(16-10)12-4-2-11(3-5-12)6-8-14/h2-5,7,9H,6,8,14H2,1H3. The fraction of sp³-hybridized carbons (Fsp3) is 0.231. The molecule has 0 saturated carbocycles. The Bertz CT molecular complexity index is 463. The first-order valence-corrected chi connectivity index (χ1v) is 5.38. The fourth-order valence-corrected chi connectivity index (χ4v) is 1.63. The van der Waals surface area contributed by atoms with Gasteiger partial charge in [-0.15, -0.1) is 0 Å². The van der Waals surface area contributed by atoms with Crippen LogP contribution in [0.15, 0.2) is 36.5 Å². The molecule has 0 atom stereocenters. The minimum Gasteiger partial charge on any atom is -0.330 e. The quantitative estimate of drug-likeness (QED) is 0.847. The summed E-state index contributed by atoms with van der Waals surface area (Å²) in [4.78, 5) is 8.47. The van der Waals surface area contributed by atoms with Gasteiger partial charge in [-0.05, 0) is 31.5 Å². The first-order chi connectivity index (χ1) is 7.79. The van der Waals surface area contributed by atoms with Gasteiger partial charge in [0.05, 0.1) is 5.69 Å². The summed E-state index contributed by atoms with van der Waals surface area (Å²) in [5.41, 5.74) is 8.85. The summed E-state index contributed by atoms with van der Waals surface area (Å²) in [5.74, 6) is 0.795. The highest BCUT2D eigenvalue weighted by Gasteiger charge is 1.99. The van der Waals surface area contributed by atoms with E-state index in [1.165, 1.54) is 5.56 Å². The molecule has 0 unspecified atom stereocenters. The monoisotopic (exact) mass is 213 g/mol. The highest BCUT2D eigenvalue weighted by Crippen LogP contribution is 2.17. The third-order valence-electron chi connectivity index (χ3n) is 2.46. The van der Waals surface area contributed by atoms with E-state index in [-0.39, 0.29) is 0 Å². The van der Waals surface area contributed by atoms with Gasteiger partial charge in [-0.25, -0.2) is 9.97 Å². The van der Waals surface area contributed by atoms with Crippen LogP contribution < -0.4 is 5.73 Å². The molecular weight excluding hydrogens is 198 g/mol. The average molecular weight is 213 g/mol. The van der Waals surface area contributed by atoms with Crippen LogP contribution in [-0.2, 0) is 6.42 Å². The lowest BCUT2D eigenvalue weighted by atomic mass is 10.1. The number of benzene rings is 1. The van der Waals surface area contributed by atoms with E-state index in [1.54, 1.807) is 6.20 Å². The predicted octanol–water partition coefficient (Wildman–Crippen LogP) is 1.95. The number of hydrogen-bond donors (Lipinski definition) is 1. The van der Waals surface area contributed by atoms with E-state index in [0.29, 0.717) is 6.54 Å². The van der Waals surface area contributed by atoms with Crippen molar-refractivity contribution in [3.63, 3.8) is 0 Å². The Balaban J connectivity index is 2.27. The zero-order chi connectivity index (χ0) is 11.4. The topological polar surface area (TPSA) is 51.8 Å². The third kappa shape index (κ3) is 2.44. The van der Waals surface area contributed by atoms with E-state index < -0.39 is 0 Å². The van der Waals surface area contributed by atoms with Crippen molar-refractivity contribution < 1.29 is 0 Å². The van der Waals surface area contributed by atoms with Crippen molar-refractivity contribution in [2.45, 2.75) is 13.3 Å². The average Bonchev–Trinajstić information content (AvgIpc) is 2.30. The molecule has 1 aromatic heterocycles. The minimum atomic E-state index is 0.686. The van der Waals surface area contributed by atoms with Gasteiger partial charge >= 0.3 is 0 Å². The minimum absolute atomic E-state index is 0.686. The first kappa shape index (κ1) is 10.8. The van der Waals surface area contributed by atoms with E-state index in [0.717, 1.165) is 23.5 Å². The molecular formula is C13H15N3. The molecule has 3 nitrogen and oxygen atoms in total. The molecule has 16 heavy (non-hydrogen) atoms. The Kier molecular flexibility index (Phi) is 3.27. The van der Waals surface area contributed by atoms with Crippen molar-refractivity contribution in [3.05, 3.63) is 47.9 Å². The highest BCUT2D eigenvalue weighted by molar-refractivity contribution is 5.58. The van der Waals surface area contributed by atoms with Gasteiger partial charge in [0.15, 0.2) is 0 Å². The van der Waals surface area contributed by atoms with E-state index in [2.05, 4.69) is 34.2 Å². The number of nitrogens with two attached hydrogens (primary N) is 1. The normalized spacial score (nSPS) is 10.4. The van der Waals surface area contributed by atoms with Gasteiger partial charge < -0.3 is 5.73 Å². The van der Waals surface area contributed by atoms with Gasteiger partial charge in [0.25, 0.3) is 0 Å². The SMILES string of the molecule is Cc1nccc(-c2ccc(CCN)cc2)n1. The second kappa shape index (κ2) is 4.86. The molecule has 2 rings (SSSR count). The van der Waals surface area contributed by atoms with E-state index in [1.807, 2.05) is 13.0 Å². The van der Waals surface area contributed by atoms with Crippen molar-refractivity contribution in [1.82, 2.24) is 9.97 Å². The molecule has 2 aromatic rings. The molecule has 0 radical (unpaired) electrons. The Hall–Kier alpha value is -1.74. The highest BCUT2D eigenvalue weighted by atomic mass is 14.9.